The molecule has 0 heterocycles. The molecular formula is H4FeNaO20S4. The summed E-state index contributed by atoms with van der Waals surface area (Å²) in [6, 6.07) is 0. The Morgan fingerprint density at radius 1 is 0.462 bits per heavy atom. The maximum atomic E-state index is 8.97. The number of hydrogen-bond acceptors (Lipinski definition) is 20. The molecule has 0 spiro atoms. The summed E-state index contributed by atoms with van der Waals surface area (Å²) in [6.07, 6.45) is 0. The molecule has 0 fully saturated rings. The summed E-state index contributed by atoms with van der Waals surface area (Å²) in [7, 11) is -19.4. The Kier molecular flexibility index (Phi) is 30.4. The predicted molar refractivity (Wildman–Crippen MR) is 53.6 cm³/mol. The predicted octanol–water partition coefficient (Wildman–Crippen LogP) is -7.25. The van der Waals surface area contributed by atoms with Crippen molar-refractivity contribution in [3.63, 3.8) is 0 Å². The third-order valence-electron chi connectivity index (χ3n) is 0.365. The third-order valence-corrected chi connectivity index (χ3v) is 1.10. The fourth-order valence-corrected chi connectivity index (χ4v) is 0. The fourth-order valence-electron chi connectivity index (χ4n) is 0. The van der Waals surface area contributed by atoms with E-state index in [1.165, 1.54) is 0 Å². The van der Waals surface area contributed by atoms with Crippen LogP contribution in [0.2, 0.25) is 0 Å². The number of rotatable bonds is 4. The molecule has 26 heavy (non-hydrogen) atoms. The molecule has 26 heteroatoms. The summed E-state index contributed by atoms with van der Waals surface area (Å²) in [5, 5.41) is 28.0. The van der Waals surface area contributed by atoms with Crippen molar-refractivity contribution >= 4 is 41.6 Å². The van der Waals surface area contributed by atoms with Crippen molar-refractivity contribution in [1.82, 2.24) is 0 Å². The van der Waals surface area contributed by atoms with Crippen molar-refractivity contribution in [3.05, 3.63) is 0 Å². The van der Waals surface area contributed by atoms with Gasteiger partial charge in [-0.1, -0.05) is 0 Å². The molecule has 0 aromatic rings. The van der Waals surface area contributed by atoms with E-state index in [4.69, 9.17) is 72.9 Å². The van der Waals surface area contributed by atoms with Gasteiger partial charge < -0.3 is 18.2 Å². The van der Waals surface area contributed by atoms with Gasteiger partial charge in [-0.05, 0) is 0 Å². The molecule has 0 saturated heterocycles. The first-order valence-electron chi connectivity index (χ1n) is 3.40. The van der Waals surface area contributed by atoms with Crippen LogP contribution in [0.4, 0.5) is 0 Å². The van der Waals surface area contributed by atoms with E-state index in [0.717, 1.165) is 0 Å². The van der Waals surface area contributed by atoms with Gasteiger partial charge in [-0.2, -0.15) is 0 Å². The van der Waals surface area contributed by atoms with Crippen LogP contribution in [0.1, 0.15) is 0 Å². The Labute approximate surface area is 177 Å². The van der Waals surface area contributed by atoms with E-state index in [2.05, 4.69) is 17.3 Å². The van der Waals surface area contributed by atoms with Gasteiger partial charge in [-0.15, -0.1) is 17.3 Å². The molecule has 0 amide bonds. The summed E-state index contributed by atoms with van der Waals surface area (Å²) >= 11 is 0. The van der Waals surface area contributed by atoms with Gasteiger partial charge in [0.15, 0.2) is 0 Å². The van der Waals surface area contributed by atoms with E-state index in [-0.39, 0.29) is 46.6 Å². The average molecular weight is 531 g/mol. The zero-order valence-corrected chi connectivity index (χ0v) is 17.7. The van der Waals surface area contributed by atoms with Crippen LogP contribution in [-0.4, -0.2) is 72.9 Å². The van der Waals surface area contributed by atoms with Crippen molar-refractivity contribution in [2.45, 2.75) is 0 Å². The summed E-state index contributed by atoms with van der Waals surface area (Å²) in [4.78, 5) is 0. The van der Waals surface area contributed by atoms with Crippen molar-refractivity contribution in [2.24, 2.45) is 0 Å². The third kappa shape index (κ3) is 85.6. The molecule has 0 saturated carbocycles. The molecule has 0 aliphatic carbocycles. The summed E-state index contributed by atoms with van der Waals surface area (Å²) in [5.41, 5.74) is 0. The van der Waals surface area contributed by atoms with Gasteiger partial charge >= 0.3 is 46.6 Å². The minimum absolute atomic E-state index is 0. The Bertz CT molecular complexity index is 564. The van der Waals surface area contributed by atoms with Gasteiger partial charge in [0.05, 0.1) is 0 Å². The molecule has 0 unspecified atom stereocenters. The molecule has 1 radical (unpaired) electrons. The van der Waals surface area contributed by atoms with E-state index >= 15 is 0 Å². The smallest absolute Gasteiger partial charge is 0.724 e. The zero-order chi connectivity index (χ0) is 20.8. The van der Waals surface area contributed by atoms with E-state index in [1.54, 1.807) is 0 Å². The quantitative estimate of drug-likeness (QED) is 0.0860. The van der Waals surface area contributed by atoms with Crippen LogP contribution >= 0.6 is 0 Å². The maximum Gasteiger partial charge on any atom is 3.00 e. The van der Waals surface area contributed by atoms with Crippen LogP contribution < -0.4 is 29.6 Å². The summed E-state index contributed by atoms with van der Waals surface area (Å²) < 4.78 is 117. The Morgan fingerprint density at radius 3 is 0.500 bits per heavy atom. The van der Waals surface area contributed by atoms with Gasteiger partial charge in [-0.3, -0.25) is 0 Å². The fraction of sp³-hybridized carbons (Fsp3) is 0. The molecule has 0 aromatic heterocycles. The Balaban J connectivity index is -0.0000000500. The van der Waals surface area contributed by atoms with E-state index in [1.807, 2.05) is 0 Å². The second-order valence-corrected chi connectivity index (χ2v) is 5.79. The van der Waals surface area contributed by atoms with Crippen LogP contribution in [0.25, 0.3) is 0 Å². The van der Waals surface area contributed by atoms with Crippen LogP contribution in [0, 0.1) is 0 Å². The first-order valence-corrected chi connectivity index (χ1v) is 8.73. The molecule has 0 rings (SSSR count). The molecule has 0 atom stereocenters. The molecule has 0 bridgehead atoms. The molecular weight excluding hydrogens is 527 g/mol. The topological polar surface area (TPSA) is 347 Å². The normalized spacial score (nSPS) is 10.8. The van der Waals surface area contributed by atoms with Crippen molar-refractivity contribution in [3.8, 4) is 0 Å². The molecule has 0 aliphatic rings. The second-order valence-electron chi connectivity index (χ2n) is 1.93. The second kappa shape index (κ2) is 19.2. The Morgan fingerprint density at radius 2 is 0.500 bits per heavy atom. The summed E-state index contributed by atoms with van der Waals surface area (Å²) in [5.74, 6) is 0. The van der Waals surface area contributed by atoms with Gasteiger partial charge in [0.2, 0.25) is 41.6 Å². The van der Waals surface area contributed by atoms with Crippen LogP contribution in [0.3, 0.4) is 0 Å². The van der Waals surface area contributed by atoms with E-state index in [9.17, 15) is 0 Å². The maximum absolute atomic E-state index is 8.97. The molecule has 0 aliphatic heterocycles. The van der Waals surface area contributed by atoms with Gasteiger partial charge in [-0.25, -0.2) is 54.7 Å². The van der Waals surface area contributed by atoms with E-state index in [0.29, 0.717) is 0 Å². The van der Waals surface area contributed by atoms with Gasteiger partial charge in [0.1, 0.15) is 0 Å². The van der Waals surface area contributed by atoms with Crippen molar-refractivity contribution < 1.29 is 137 Å². The van der Waals surface area contributed by atoms with E-state index < -0.39 is 41.6 Å². The molecule has 157 valence electrons. The van der Waals surface area contributed by atoms with Crippen molar-refractivity contribution in [1.29, 1.82) is 0 Å². The zero-order valence-electron chi connectivity index (χ0n) is 11.3. The molecule has 0 aromatic carbocycles. The minimum atomic E-state index is -4.86. The average Bonchev–Trinajstić information content (AvgIpc) is 2.37. The largest absolute Gasteiger partial charge is 3.00 e. The minimum Gasteiger partial charge on any atom is -0.724 e. The monoisotopic (exact) mass is 531 g/mol. The summed E-state index contributed by atoms with van der Waals surface area (Å²) in [6.45, 7) is 0. The van der Waals surface area contributed by atoms with Gasteiger partial charge in [0, 0.05) is 0 Å². The first kappa shape index (κ1) is 41.3. The van der Waals surface area contributed by atoms with Crippen LogP contribution in [0.15, 0.2) is 0 Å². The first-order chi connectivity index (χ1) is 10.2. The molecule has 4 N–H and O–H groups in total. The van der Waals surface area contributed by atoms with Crippen LogP contribution in [-0.2, 0) is 76.0 Å². The Hall–Kier alpha value is 0.839. The SMILES string of the molecule is O=S(=O)([O-])OO.O=S(=O)([O-])OO.O=S(=O)([O-])OO.O=S(=O)([O-])OO.[Fe+3].[Na+]. The number of hydrogen-bond donors (Lipinski definition) is 4. The standard InChI is InChI=1S/Fe.Na.4H2O5S/c;;4*1-5-6(2,3)4/h;;4*1H,(H,2,3,4)/q+3;+1;;;;/p-4. The van der Waals surface area contributed by atoms with Crippen LogP contribution in [0.5, 0.6) is 0 Å². The van der Waals surface area contributed by atoms with Crippen molar-refractivity contribution in [2.75, 3.05) is 0 Å². The molecule has 20 nitrogen and oxygen atoms in total. The van der Waals surface area contributed by atoms with Gasteiger partial charge in [0.25, 0.3) is 0 Å².